The number of nitrogens with zero attached hydrogens (tertiary/aromatic N) is 1. The van der Waals surface area contributed by atoms with Gasteiger partial charge in [-0.25, -0.2) is 0 Å². The van der Waals surface area contributed by atoms with Crippen molar-refractivity contribution in [3.63, 3.8) is 0 Å². The molecule has 1 atom stereocenters. The molecule has 1 saturated heterocycles. The molecule has 0 bridgehead atoms. The highest BCUT2D eigenvalue weighted by atomic mass is 16.5. The number of aryl methyl sites for hydroxylation is 1. The molecule has 0 radical (unpaired) electrons. The molecule has 0 aliphatic carbocycles. The predicted octanol–water partition coefficient (Wildman–Crippen LogP) is 5.55. The van der Waals surface area contributed by atoms with Crippen molar-refractivity contribution in [2.45, 2.75) is 64.6 Å². The second-order valence-electron chi connectivity index (χ2n) is 8.37. The minimum absolute atomic E-state index is 0.0440. The highest BCUT2D eigenvalue weighted by molar-refractivity contribution is 5.69. The van der Waals surface area contributed by atoms with Crippen LogP contribution in [0.3, 0.4) is 0 Å². The van der Waals surface area contributed by atoms with Crippen molar-refractivity contribution in [1.82, 2.24) is 4.90 Å². The van der Waals surface area contributed by atoms with Gasteiger partial charge >= 0.3 is 5.97 Å². The number of esters is 1. The molecule has 0 N–H and O–H groups in total. The summed E-state index contributed by atoms with van der Waals surface area (Å²) in [6.45, 7) is 7.23. The molecule has 2 aromatic carbocycles. The second kappa shape index (κ2) is 12.6. The maximum absolute atomic E-state index is 11.6. The van der Waals surface area contributed by atoms with Crippen LogP contribution in [-0.4, -0.2) is 43.2 Å². The zero-order valence-corrected chi connectivity index (χ0v) is 19.1. The van der Waals surface area contributed by atoms with E-state index in [0.717, 1.165) is 38.9 Å². The van der Waals surface area contributed by atoms with Crippen molar-refractivity contribution in [2.24, 2.45) is 0 Å². The van der Waals surface area contributed by atoms with Gasteiger partial charge < -0.3 is 14.4 Å². The quantitative estimate of drug-likeness (QED) is 0.444. The van der Waals surface area contributed by atoms with E-state index in [-0.39, 0.29) is 18.2 Å². The van der Waals surface area contributed by atoms with E-state index in [2.05, 4.69) is 66.4 Å². The fraction of sp³-hybridized carbons (Fsp3) is 0.519. The van der Waals surface area contributed by atoms with Gasteiger partial charge in [0.15, 0.2) is 0 Å². The topological polar surface area (TPSA) is 38.8 Å². The monoisotopic (exact) mass is 423 g/mol. The Morgan fingerprint density at radius 3 is 2.32 bits per heavy atom. The third-order valence-corrected chi connectivity index (χ3v) is 6.00. The average Bonchev–Trinajstić information content (AvgIpc) is 2.82. The van der Waals surface area contributed by atoms with Gasteiger partial charge in [-0.15, -0.1) is 0 Å². The minimum Gasteiger partial charge on any atom is -0.466 e. The number of hydrogen-bond acceptors (Lipinski definition) is 4. The smallest absolute Gasteiger partial charge is 0.307 e. The van der Waals surface area contributed by atoms with E-state index >= 15 is 0 Å². The highest BCUT2D eigenvalue weighted by Crippen LogP contribution is 2.30. The molecule has 1 heterocycles. The van der Waals surface area contributed by atoms with E-state index in [0.29, 0.717) is 13.0 Å². The lowest BCUT2D eigenvalue weighted by molar-refractivity contribution is -0.143. The van der Waals surface area contributed by atoms with Gasteiger partial charge in [0.2, 0.25) is 0 Å². The molecule has 31 heavy (non-hydrogen) atoms. The Labute approximate surface area is 187 Å². The van der Waals surface area contributed by atoms with Crippen molar-refractivity contribution in [2.75, 3.05) is 26.2 Å². The highest BCUT2D eigenvalue weighted by Gasteiger charge is 2.25. The van der Waals surface area contributed by atoms with Crippen molar-refractivity contribution < 1.29 is 14.3 Å². The van der Waals surface area contributed by atoms with Crippen molar-refractivity contribution in [1.29, 1.82) is 0 Å². The summed E-state index contributed by atoms with van der Waals surface area (Å²) in [7, 11) is 0. The van der Waals surface area contributed by atoms with Gasteiger partial charge in [0, 0.05) is 19.6 Å². The predicted molar refractivity (Wildman–Crippen MR) is 125 cm³/mol. The molecule has 0 spiro atoms. The van der Waals surface area contributed by atoms with Crippen LogP contribution < -0.4 is 0 Å². The molecule has 0 saturated carbocycles. The van der Waals surface area contributed by atoms with Gasteiger partial charge in [-0.05, 0) is 49.3 Å². The molecule has 1 aliphatic heterocycles. The third kappa shape index (κ3) is 7.48. The summed E-state index contributed by atoms with van der Waals surface area (Å²) in [5, 5.41) is 0. The summed E-state index contributed by atoms with van der Waals surface area (Å²) in [5.74, 6) is -0.104. The number of piperidine rings is 1. The van der Waals surface area contributed by atoms with Crippen molar-refractivity contribution in [3.05, 3.63) is 71.3 Å². The Morgan fingerprint density at radius 2 is 1.68 bits per heavy atom. The number of carbonyl (C=O) groups is 1. The lowest BCUT2D eigenvalue weighted by Crippen LogP contribution is -2.38. The number of rotatable bonds is 11. The number of unbranched alkanes of at least 4 members (excludes halogenated alkanes) is 1. The molecule has 168 valence electrons. The Hall–Kier alpha value is -2.17. The van der Waals surface area contributed by atoms with Crippen LogP contribution >= 0.6 is 0 Å². The number of carbonyl (C=O) groups excluding carboxylic acids is 1. The van der Waals surface area contributed by atoms with E-state index in [1.165, 1.54) is 29.5 Å². The zero-order chi connectivity index (χ0) is 21.9. The standard InChI is InChI=1S/C27H37NO3/c1-3-5-9-22-12-14-24(15-13-22)27(23-10-7-6-8-11-23)31-25-16-19-28(20-17-25)21-18-26(29)30-4-2/h6-8,10-15,25,27H,3-5,9,16-21H2,1-2H3. The van der Waals surface area contributed by atoms with Gasteiger partial charge in [0.25, 0.3) is 0 Å². The van der Waals surface area contributed by atoms with Crippen molar-refractivity contribution in [3.8, 4) is 0 Å². The van der Waals surface area contributed by atoms with Crippen LogP contribution in [0.5, 0.6) is 0 Å². The number of hydrogen-bond donors (Lipinski definition) is 0. The Kier molecular flexibility index (Phi) is 9.57. The lowest BCUT2D eigenvalue weighted by atomic mass is 9.98. The number of benzene rings is 2. The van der Waals surface area contributed by atoms with Gasteiger partial charge in [-0.3, -0.25) is 4.79 Å². The van der Waals surface area contributed by atoms with Gasteiger partial charge in [0.1, 0.15) is 6.10 Å². The summed E-state index contributed by atoms with van der Waals surface area (Å²) in [6, 6.07) is 19.5. The Bertz CT molecular complexity index is 767. The maximum Gasteiger partial charge on any atom is 0.307 e. The minimum atomic E-state index is -0.104. The summed E-state index contributed by atoms with van der Waals surface area (Å²) >= 11 is 0. The van der Waals surface area contributed by atoms with Crippen LogP contribution in [-0.2, 0) is 20.7 Å². The van der Waals surface area contributed by atoms with Gasteiger partial charge in [-0.1, -0.05) is 67.9 Å². The van der Waals surface area contributed by atoms with E-state index in [1.54, 1.807) is 0 Å². The molecule has 1 aliphatic rings. The first-order chi connectivity index (χ1) is 15.2. The summed E-state index contributed by atoms with van der Waals surface area (Å²) in [6.07, 6.45) is 6.21. The first kappa shape index (κ1) is 23.5. The molecular weight excluding hydrogens is 386 g/mol. The third-order valence-electron chi connectivity index (χ3n) is 6.00. The molecular formula is C27H37NO3. The zero-order valence-electron chi connectivity index (χ0n) is 19.1. The maximum atomic E-state index is 11.6. The van der Waals surface area contributed by atoms with Crippen molar-refractivity contribution >= 4 is 5.97 Å². The fourth-order valence-electron chi connectivity index (χ4n) is 4.16. The van der Waals surface area contributed by atoms with Gasteiger partial charge in [0.05, 0.1) is 19.1 Å². The molecule has 0 aromatic heterocycles. The number of likely N-dealkylation sites (tertiary alicyclic amines) is 1. The normalized spacial score (nSPS) is 16.2. The molecule has 0 amide bonds. The van der Waals surface area contributed by atoms with Crippen LogP contribution in [0.15, 0.2) is 54.6 Å². The summed E-state index contributed by atoms with van der Waals surface area (Å²) in [5.41, 5.74) is 3.82. The van der Waals surface area contributed by atoms with E-state index in [4.69, 9.17) is 9.47 Å². The van der Waals surface area contributed by atoms with Crippen LogP contribution in [0.2, 0.25) is 0 Å². The SMILES string of the molecule is CCCCc1ccc(C(OC2CCN(CCC(=O)OCC)CC2)c2ccccc2)cc1. The van der Waals surface area contributed by atoms with Gasteiger partial charge in [-0.2, -0.15) is 0 Å². The first-order valence-electron chi connectivity index (χ1n) is 11.9. The Balaban J connectivity index is 1.59. The van der Waals surface area contributed by atoms with Crippen LogP contribution in [0.4, 0.5) is 0 Å². The molecule has 1 unspecified atom stereocenters. The summed E-state index contributed by atoms with van der Waals surface area (Å²) in [4.78, 5) is 14.0. The Morgan fingerprint density at radius 1 is 1.00 bits per heavy atom. The van der Waals surface area contributed by atoms with E-state index in [1.807, 2.05) is 6.92 Å². The average molecular weight is 424 g/mol. The first-order valence-corrected chi connectivity index (χ1v) is 11.9. The number of ether oxygens (including phenoxy) is 2. The summed E-state index contributed by atoms with van der Waals surface area (Å²) < 4.78 is 11.7. The lowest BCUT2D eigenvalue weighted by Gasteiger charge is -2.34. The van der Waals surface area contributed by atoms with Crippen LogP contribution in [0.25, 0.3) is 0 Å². The second-order valence-corrected chi connectivity index (χ2v) is 8.37. The van der Waals surface area contributed by atoms with Crippen LogP contribution in [0, 0.1) is 0 Å². The largest absolute Gasteiger partial charge is 0.466 e. The van der Waals surface area contributed by atoms with E-state index < -0.39 is 0 Å². The van der Waals surface area contributed by atoms with E-state index in [9.17, 15) is 4.79 Å². The molecule has 4 heteroatoms. The molecule has 4 nitrogen and oxygen atoms in total. The van der Waals surface area contributed by atoms with Crippen LogP contribution in [0.1, 0.15) is 68.7 Å². The fourth-order valence-corrected chi connectivity index (χ4v) is 4.16. The molecule has 3 rings (SSSR count). The molecule has 1 fully saturated rings. The molecule has 2 aromatic rings.